The van der Waals surface area contributed by atoms with Gasteiger partial charge in [-0.2, -0.15) is 0 Å². The van der Waals surface area contributed by atoms with Gasteiger partial charge in [0.05, 0.1) is 18.4 Å². The molecule has 0 unspecified atom stereocenters. The molecule has 0 aliphatic carbocycles. The van der Waals surface area contributed by atoms with E-state index in [1.807, 2.05) is 24.3 Å². The van der Waals surface area contributed by atoms with Crippen molar-refractivity contribution in [2.24, 2.45) is 0 Å². The molecule has 0 saturated heterocycles. The Balaban J connectivity index is 2.30. The molecule has 0 amide bonds. The maximum atomic E-state index is 11.5. The maximum Gasteiger partial charge on any atom is 0.339 e. The number of benzene rings is 1. The monoisotopic (exact) mass is 228 g/mol. The molecule has 2 aromatic rings. The van der Waals surface area contributed by atoms with Crippen LogP contribution in [0.2, 0.25) is 0 Å². The fourth-order valence-corrected chi connectivity index (χ4v) is 1.45. The number of hydrogen-bond acceptors (Lipinski definition) is 4. The molecule has 17 heavy (non-hydrogen) atoms. The van der Waals surface area contributed by atoms with Crippen LogP contribution in [0, 0.1) is 0 Å². The molecule has 0 bridgehead atoms. The number of nitrogens with zero attached hydrogens (tertiary/aromatic N) is 1. The molecule has 86 valence electrons. The number of aromatic nitrogens is 1. The van der Waals surface area contributed by atoms with Gasteiger partial charge in [0.15, 0.2) is 0 Å². The SMILES string of the molecule is COC(=O)c1ccccc1Nc1ccccn1. The lowest BCUT2D eigenvalue weighted by Gasteiger charge is -2.09. The Morgan fingerprint density at radius 1 is 1.18 bits per heavy atom. The maximum absolute atomic E-state index is 11.5. The molecule has 1 aromatic heterocycles. The van der Waals surface area contributed by atoms with Gasteiger partial charge in [-0.05, 0) is 24.3 Å². The van der Waals surface area contributed by atoms with Gasteiger partial charge in [-0.1, -0.05) is 18.2 Å². The van der Waals surface area contributed by atoms with Gasteiger partial charge in [-0.25, -0.2) is 9.78 Å². The summed E-state index contributed by atoms with van der Waals surface area (Å²) >= 11 is 0. The van der Waals surface area contributed by atoms with Crippen LogP contribution in [-0.4, -0.2) is 18.1 Å². The van der Waals surface area contributed by atoms with Crippen LogP contribution < -0.4 is 5.32 Å². The predicted molar refractivity (Wildman–Crippen MR) is 65.3 cm³/mol. The fraction of sp³-hybridized carbons (Fsp3) is 0.0769. The van der Waals surface area contributed by atoms with Crippen molar-refractivity contribution in [3.8, 4) is 0 Å². The summed E-state index contributed by atoms with van der Waals surface area (Å²) in [5, 5.41) is 3.08. The molecular formula is C13H12N2O2. The van der Waals surface area contributed by atoms with Gasteiger partial charge in [0.25, 0.3) is 0 Å². The van der Waals surface area contributed by atoms with Gasteiger partial charge >= 0.3 is 5.97 Å². The Labute approximate surface area is 99.3 Å². The van der Waals surface area contributed by atoms with Crippen LogP contribution >= 0.6 is 0 Å². The van der Waals surface area contributed by atoms with E-state index in [0.29, 0.717) is 17.1 Å². The van der Waals surface area contributed by atoms with E-state index in [2.05, 4.69) is 10.3 Å². The molecule has 1 heterocycles. The summed E-state index contributed by atoms with van der Waals surface area (Å²) < 4.78 is 4.72. The summed E-state index contributed by atoms with van der Waals surface area (Å²) in [6.07, 6.45) is 1.68. The Morgan fingerprint density at radius 2 is 1.94 bits per heavy atom. The van der Waals surface area contributed by atoms with Gasteiger partial charge < -0.3 is 10.1 Å². The molecule has 1 aromatic carbocycles. The number of rotatable bonds is 3. The first-order valence-electron chi connectivity index (χ1n) is 5.16. The lowest BCUT2D eigenvalue weighted by molar-refractivity contribution is 0.0602. The van der Waals surface area contributed by atoms with E-state index in [1.165, 1.54) is 7.11 Å². The minimum Gasteiger partial charge on any atom is -0.465 e. The topological polar surface area (TPSA) is 51.2 Å². The third kappa shape index (κ3) is 2.60. The number of carbonyl (C=O) groups is 1. The summed E-state index contributed by atoms with van der Waals surface area (Å²) in [4.78, 5) is 15.7. The third-order valence-electron chi connectivity index (χ3n) is 2.26. The molecule has 0 aliphatic heterocycles. The van der Waals surface area contributed by atoms with E-state index >= 15 is 0 Å². The van der Waals surface area contributed by atoms with Gasteiger partial charge in [-0.3, -0.25) is 0 Å². The zero-order valence-electron chi connectivity index (χ0n) is 9.38. The lowest BCUT2D eigenvalue weighted by atomic mass is 10.2. The first-order valence-corrected chi connectivity index (χ1v) is 5.16. The zero-order chi connectivity index (χ0) is 12.1. The van der Waals surface area contributed by atoms with E-state index < -0.39 is 0 Å². The molecule has 0 atom stereocenters. The van der Waals surface area contributed by atoms with E-state index in [4.69, 9.17) is 4.74 Å². The molecule has 0 fully saturated rings. The highest BCUT2D eigenvalue weighted by atomic mass is 16.5. The van der Waals surface area contributed by atoms with Crippen LogP contribution in [0.5, 0.6) is 0 Å². The molecule has 0 saturated carbocycles. The predicted octanol–water partition coefficient (Wildman–Crippen LogP) is 2.61. The van der Waals surface area contributed by atoms with Crippen LogP contribution in [0.4, 0.5) is 11.5 Å². The van der Waals surface area contributed by atoms with Crippen molar-refractivity contribution >= 4 is 17.5 Å². The molecule has 0 spiro atoms. The van der Waals surface area contributed by atoms with Crippen molar-refractivity contribution in [3.63, 3.8) is 0 Å². The first kappa shape index (κ1) is 11.1. The zero-order valence-corrected chi connectivity index (χ0v) is 9.38. The summed E-state index contributed by atoms with van der Waals surface area (Å²) in [5.74, 6) is 0.313. The van der Waals surface area contributed by atoms with Gasteiger partial charge in [0.1, 0.15) is 5.82 Å². The Hall–Kier alpha value is -2.36. The molecule has 1 N–H and O–H groups in total. The number of methoxy groups -OCH3 is 1. The van der Waals surface area contributed by atoms with Crippen LogP contribution in [0.25, 0.3) is 0 Å². The molecular weight excluding hydrogens is 216 g/mol. The summed E-state index contributed by atoms with van der Waals surface area (Å²) in [5.41, 5.74) is 1.17. The molecule has 2 rings (SSSR count). The first-order chi connectivity index (χ1) is 8.31. The van der Waals surface area contributed by atoms with Crippen molar-refractivity contribution in [2.75, 3.05) is 12.4 Å². The number of ether oxygens (including phenoxy) is 1. The Morgan fingerprint density at radius 3 is 2.65 bits per heavy atom. The normalized spacial score (nSPS) is 9.71. The minimum atomic E-state index is -0.371. The van der Waals surface area contributed by atoms with Crippen LogP contribution in [-0.2, 0) is 4.74 Å². The average Bonchev–Trinajstić information content (AvgIpc) is 2.40. The van der Waals surface area contributed by atoms with Crippen molar-refractivity contribution < 1.29 is 9.53 Å². The number of pyridine rings is 1. The number of esters is 1. The molecule has 0 aliphatic rings. The van der Waals surface area contributed by atoms with Crippen LogP contribution in [0.3, 0.4) is 0 Å². The Kier molecular flexibility index (Phi) is 3.35. The number of carbonyl (C=O) groups excluding carboxylic acids is 1. The van der Waals surface area contributed by atoms with Gasteiger partial charge in [-0.15, -0.1) is 0 Å². The summed E-state index contributed by atoms with van der Waals surface area (Å²) in [6.45, 7) is 0. The molecule has 0 radical (unpaired) electrons. The van der Waals surface area contributed by atoms with Crippen LogP contribution in [0.1, 0.15) is 10.4 Å². The summed E-state index contributed by atoms with van der Waals surface area (Å²) in [7, 11) is 1.36. The average molecular weight is 228 g/mol. The third-order valence-corrected chi connectivity index (χ3v) is 2.26. The van der Waals surface area contributed by atoms with Crippen LogP contribution in [0.15, 0.2) is 48.7 Å². The minimum absolute atomic E-state index is 0.371. The highest BCUT2D eigenvalue weighted by Gasteiger charge is 2.10. The van der Waals surface area contributed by atoms with E-state index in [-0.39, 0.29) is 5.97 Å². The summed E-state index contributed by atoms with van der Waals surface area (Å²) in [6, 6.07) is 12.7. The standard InChI is InChI=1S/C13H12N2O2/c1-17-13(16)10-6-2-3-7-11(10)15-12-8-4-5-9-14-12/h2-9H,1H3,(H,14,15). The smallest absolute Gasteiger partial charge is 0.339 e. The number of para-hydroxylation sites is 1. The second-order valence-corrected chi connectivity index (χ2v) is 3.38. The van der Waals surface area contributed by atoms with Gasteiger partial charge in [0, 0.05) is 6.20 Å². The fourth-order valence-electron chi connectivity index (χ4n) is 1.45. The van der Waals surface area contributed by atoms with Gasteiger partial charge in [0.2, 0.25) is 0 Å². The van der Waals surface area contributed by atoms with Crippen molar-refractivity contribution in [1.29, 1.82) is 0 Å². The van der Waals surface area contributed by atoms with E-state index in [9.17, 15) is 4.79 Å². The highest BCUT2D eigenvalue weighted by molar-refractivity contribution is 5.96. The Bertz CT molecular complexity index is 512. The number of anilines is 2. The number of nitrogens with one attached hydrogen (secondary N) is 1. The van der Waals surface area contributed by atoms with Crippen molar-refractivity contribution in [2.45, 2.75) is 0 Å². The van der Waals surface area contributed by atoms with Crippen molar-refractivity contribution in [1.82, 2.24) is 4.98 Å². The second-order valence-electron chi connectivity index (χ2n) is 3.38. The second kappa shape index (κ2) is 5.12. The largest absolute Gasteiger partial charge is 0.465 e. The molecule has 4 heteroatoms. The number of hydrogen-bond donors (Lipinski definition) is 1. The highest BCUT2D eigenvalue weighted by Crippen LogP contribution is 2.19. The van der Waals surface area contributed by atoms with E-state index in [1.54, 1.807) is 24.4 Å². The lowest BCUT2D eigenvalue weighted by Crippen LogP contribution is -2.05. The van der Waals surface area contributed by atoms with Crippen molar-refractivity contribution in [3.05, 3.63) is 54.2 Å². The quantitative estimate of drug-likeness (QED) is 0.820. The molecule has 4 nitrogen and oxygen atoms in total. The van der Waals surface area contributed by atoms with E-state index in [0.717, 1.165) is 0 Å².